The van der Waals surface area contributed by atoms with Gasteiger partial charge in [0.25, 0.3) is 0 Å². The number of nitrogens with zero attached hydrogens (tertiary/aromatic N) is 2. The summed E-state index contributed by atoms with van der Waals surface area (Å²) < 4.78 is 25.7. The fraction of sp³-hybridized carbons (Fsp3) is 0.450. The van der Waals surface area contributed by atoms with E-state index in [9.17, 15) is 9.59 Å². The summed E-state index contributed by atoms with van der Waals surface area (Å²) in [5, 5.41) is 7.03. The Labute approximate surface area is 311 Å². The lowest BCUT2D eigenvalue weighted by Crippen LogP contribution is -2.59. The third-order valence-corrected chi connectivity index (χ3v) is 15.5. The Hall–Kier alpha value is -3.84. The Morgan fingerprint density at radius 3 is 1.60 bits per heavy atom. The summed E-state index contributed by atoms with van der Waals surface area (Å²) in [4.78, 5) is 30.8. The molecule has 10 rings (SSSR count). The molecule has 52 heavy (non-hydrogen) atoms. The van der Waals surface area contributed by atoms with Gasteiger partial charge in [0.2, 0.25) is 0 Å². The fourth-order valence-electron chi connectivity index (χ4n) is 10.9. The fourth-order valence-corrected chi connectivity index (χ4v) is 13.3. The number of nitrogens with one attached hydrogen (secondary N) is 2. The lowest BCUT2D eigenvalue weighted by atomic mass is 9.57. The van der Waals surface area contributed by atoms with E-state index in [4.69, 9.17) is 18.9 Å². The molecule has 2 N–H and O–H groups in total. The van der Waals surface area contributed by atoms with Crippen LogP contribution in [0.5, 0.6) is 23.0 Å². The topological polar surface area (TPSA) is 102 Å². The van der Waals surface area contributed by atoms with Crippen molar-refractivity contribution in [2.24, 2.45) is 0 Å². The van der Waals surface area contributed by atoms with E-state index in [1.54, 1.807) is 35.8 Å². The molecule has 2 fully saturated rings. The number of likely N-dealkylation sites (tertiary alicyclic amines) is 2. The Morgan fingerprint density at radius 1 is 0.750 bits per heavy atom. The van der Waals surface area contributed by atoms with Gasteiger partial charge in [0, 0.05) is 33.0 Å². The van der Waals surface area contributed by atoms with Crippen LogP contribution in [0.1, 0.15) is 35.1 Å². The highest BCUT2D eigenvalue weighted by atomic mass is 33.1. The molecule has 270 valence electrons. The van der Waals surface area contributed by atoms with E-state index in [1.807, 2.05) is 12.1 Å². The lowest BCUT2D eigenvalue weighted by Gasteiger charge is -2.54. The summed E-state index contributed by atoms with van der Waals surface area (Å²) in [5.74, 6) is 3.15. The first kappa shape index (κ1) is 32.8. The number of aldehydes is 2. The first-order valence-corrected chi connectivity index (χ1v) is 20.3. The second-order valence-electron chi connectivity index (χ2n) is 15.1. The number of benzene rings is 2. The molecule has 0 saturated carbocycles. The minimum absolute atomic E-state index is 0.181. The number of ether oxygens (including phenoxy) is 4. The number of likely N-dealkylation sites (N-methyl/N-ethyl adjacent to an activating group) is 2. The van der Waals surface area contributed by atoms with Gasteiger partial charge in [0.1, 0.15) is 12.6 Å². The highest BCUT2D eigenvalue weighted by Crippen LogP contribution is 2.66. The maximum Gasteiger partial charge on any atom is 0.166 e. The quantitative estimate of drug-likeness (QED) is 0.256. The molecule has 0 radical (unpaired) electrons. The van der Waals surface area contributed by atoms with E-state index in [-0.39, 0.29) is 48.2 Å². The second kappa shape index (κ2) is 11.8. The van der Waals surface area contributed by atoms with Crippen molar-refractivity contribution in [2.45, 2.75) is 60.8 Å². The molecule has 6 atom stereocenters. The van der Waals surface area contributed by atoms with Crippen LogP contribution in [0.3, 0.4) is 0 Å². The molecule has 2 spiro atoms. The summed E-state index contributed by atoms with van der Waals surface area (Å²) in [5.41, 5.74) is 9.08. The van der Waals surface area contributed by atoms with Crippen LogP contribution in [0.2, 0.25) is 0 Å². The molecule has 4 bridgehead atoms. The maximum absolute atomic E-state index is 11.9. The van der Waals surface area contributed by atoms with Gasteiger partial charge in [-0.05, 0) is 99.4 Å². The first-order chi connectivity index (χ1) is 25.4. The van der Waals surface area contributed by atoms with Crippen LogP contribution in [-0.2, 0) is 33.3 Å². The van der Waals surface area contributed by atoms with Crippen LogP contribution in [0.25, 0.3) is 0 Å². The number of carbonyl (C=O) groups is 2. The van der Waals surface area contributed by atoms with Gasteiger partial charge in [0.05, 0.1) is 49.5 Å². The van der Waals surface area contributed by atoms with E-state index in [2.05, 4.69) is 58.8 Å². The predicted octanol–water partition coefficient (Wildman–Crippen LogP) is 4.18. The summed E-state index contributed by atoms with van der Waals surface area (Å²) >= 11 is 0. The van der Waals surface area contributed by atoms with Crippen molar-refractivity contribution in [1.82, 2.24) is 20.4 Å². The van der Waals surface area contributed by atoms with Crippen molar-refractivity contribution >= 4 is 34.2 Å². The lowest BCUT2D eigenvalue weighted by molar-refractivity contribution is -0.107. The Kier molecular flexibility index (Phi) is 7.46. The zero-order chi connectivity index (χ0) is 35.5. The maximum atomic E-state index is 11.9. The summed E-state index contributed by atoms with van der Waals surface area (Å²) in [6.07, 6.45) is 9.62. The minimum Gasteiger partial charge on any atom is -0.493 e. The van der Waals surface area contributed by atoms with Crippen LogP contribution in [-0.4, -0.2) is 101 Å². The number of carbonyl (C=O) groups excluding carboxylic acids is 2. The van der Waals surface area contributed by atoms with Gasteiger partial charge >= 0.3 is 0 Å². The molecule has 2 saturated heterocycles. The smallest absolute Gasteiger partial charge is 0.166 e. The molecule has 4 aliphatic heterocycles. The van der Waals surface area contributed by atoms with E-state index in [1.165, 1.54) is 33.4 Å². The van der Waals surface area contributed by atoms with Crippen LogP contribution >= 0.6 is 21.6 Å². The van der Waals surface area contributed by atoms with Gasteiger partial charge in [-0.2, -0.15) is 0 Å². The molecule has 0 amide bonds. The highest BCUT2D eigenvalue weighted by Gasteiger charge is 2.64. The molecule has 12 heteroatoms. The standard InChI is InChI=1S/C40H42N4O6S2/c1-43-13-9-39-23-19-29(33(41-11-15-45)37(39)49-35-27(47-3)7-5-21(31(35)39)17-25(23)43)51-52-30-20-24-26-18-22-6-8-28(48-4)36-32(22)40(24,10-14-44(26)2)38(50-36)34(30)42-12-16-46/h5-8,15-16,19-20,25-26,37-38,41-42H,9-14,17-18H2,1-4H3/t25-,26-,37+,38+,39+,40+/m1/s1. The van der Waals surface area contributed by atoms with E-state index in [0.29, 0.717) is 0 Å². The second-order valence-corrected chi connectivity index (χ2v) is 17.3. The molecule has 4 aliphatic carbocycles. The van der Waals surface area contributed by atoms with Gasteiger partial charge in [-0.25, -0.2) is 0 Å². The summed E-state index contributed by atoms with van der Waals surface area (Å²) in [6.45, 7) is 2.27. The van der Waals surface area contributed by atoms with E-state index < -0.39 is 0 Å². The molecule has 2 aromatic carbocycles. The van der Waals surface area contributed by atoms with Crippen molar-refractivity contribution in [1.29, 1.82) is 0 Å². The minimum atomic E-state index is -0.325. The van der Waals surface area contributed by atoms with Gasteiger partial charge in [0.15, 0.2) is 35.2 Å². The summed E-state index contributed by atoms with van der Waals surface area (Å²) in [6, 6.07) is 8.97. The molecular formula is C40H42N4O6S2. The largest absolute Gasteiger partial charge is 0.493 e. The van der Waals surface area contributed by atoms with Crippen molar-refractivity contribution < 1.29 is 28.5 Å². The summed E-state index contributed by atoms with van der Waals surface area (Å²) in [7, 11) is 11.2. The van der Waals surface area contributed by atoms with Gasteiger partial charge < -0.3 is 39.2 Å². The number of rotatable bonds is 11. The number of hydrogen-bond donors (Lipinski definition) is 2. The van der Waals surface area contributed by atoms with Gasteiger partial charge in [-0.1, -0.05) is 33.7 Å². The number of piperidine rings is 2. The van der Waals surface area contributed by atoms with Crippen LogP contribution < -0.4 is 29.6 Å². The number of allylic oxidation sites excluding steroid dienone is 2. The van der Waals surface area contributed by atoms with Crippen molar-refractivity contribution in [3.8, 4) is 23.0 Å². The van der Waals surface area contributed by atoms with Crippen molar-refractivity contribution in [3.63, 3.8) is 0 Å². The van der Waals surface area contributed by atoms with E-state index in [0.717, 1.165) is 95.5 Å². The van der Waals surface area contributed by atoms with Crippen molar-refractivity contribution in [2.75, 3.05) is 54.5 Å². The Balaban J connectivity index is 1.09. The molecule has 2 aromatic rings. The molecule has 0 unspecified atom stereocenters. The number of hydrogen-bond acceptors (Lipinski definition) is 12. The number of methoxy groups -OCH3 is 2. The van der Waals surface area contributed by atoms with Crippen LogP contribution in [0.4, 0.5) is 0 Å². The zero-order valence-electron chi connectivity index (χ0n) is 29.7. The third kappa shape index (κ3) is 4.12. The molecule has 0 aromatic heterocycles. The van der Waals surface area contributed by atoms with E-state index >= 15 is 0 Å². The van der Waals surface area contributed by atoms with Crippen LogP contribution in [0.15, 0.2) is 68.8 Å². The third-order valence-electron chi connectivity index (χ3n) is 13.1. The molecule has 10 nitrogen and oxygen atoms in total. The molecular weight excluding hydrogens is 697 g/mol. The Morgan fingerprint density at radius 2 is 1.19 bits per heavy atom. The molecule has 4 heterocycles. The molecule has 8 aliphatic rings. The predicted molar refractivity (Wildman–Crippen MR) is 201 cm³/mol. The highest BCUT2D eigenvalue weighted by molar-refractivity contribution is 8.79. The van der Waals surface area contributed by atoms with Crippen LogP contribution in [0, 0.1) is 0 Å². The normalized spacial score (nSPS) is 31.5. The average molecular weight is 739 g/mol. The zero-order valence-corrected chi connectivity index (χ0v) is 31.4. The van der Waals surface area contributed by atoms with Gasteiger partial charge in [-0.3, -0.25) is 9.80 Å². The monoisotopic (exact) mass is 738 g/mol. The van der Waals surface area contributed by atoms with Gasteiger partial charge in [-0.15, -0.1) is 0 Å². The van der Waals surface area contributed by atoms with Crippen molar-refractivity contribution in [3.05, 3.63) is 91.0 Å². The average Bonchev–Trinajstić information content (AvgIpc) is 3.69. The SMILES string of the molecule is COc1ccc2c3c1O[C@H]1C(NCC=O)=C(SSC4=C(NCC=O)[C@@H]5Oc6c(OC)ccc7c6[C@@]56CCN(C)[C@H](C7)C6=C4)C=C4[C@@H](C2)N(C)CC[C@]431. The first-order valence-electron chi connectivity index (χ1n) is 18.2. The Bertz CT molecular complexity index is 1930.